The van der Waals surface area contributed by atoms with Crippen molar-refractivity contribution in [2.75, 3.05) is 0 Å². The summed E-state index contributed by atoms with van der Waals surface area (Å²) in [5.41, 5.74) is 3.84. The van der Waals surface area contributed by atoms with Crippen LogP contribution < -0.4 is 5.32 Å². The Bertz CT molecular complexity index is 582. The van der Waals surface area contributed by atoms with Crippen LogP contribution in [0.2, 0.25) is 0 Å². The second kappa shape index (κ2) is 5.17. The number of nitrogens with zero attached hydrogens (tertiary/aromatic N) is 1. The number of nitrogens with one attached hydrogen (secondary N) is 1. The van der Waals surface area contributed by atoms with Gasteiger partial charge >= 0.3 is 0 Å². The van der Waals surface area contributed by atoms with Gasteiger partial charge in [0.1, 0.15) is 11.6 Å². The fourth-order valence-corrected chi connectivity index (χ4v) is 2.96. The molecule has 1 atom stereocenters. The maximum atomic E-state index is 12.5. The monoisotopic (exact) mass is 288 g/mol. The van der Waals surface area contributed by atoms with E-state index in [4.69, 9.17) is 0 Å². The zero-order chi connectivity index (χ0) is 15.9. The van der Waals surface area contributed by atoms with Crippen LogP contribution in [0.3, 0.4) is 0 Å². The summed E-state index contributed by atoms with van der Waals surface area (Å²) in [7, 11) is 0. The Kier molecular flexibility index (Phi) is 3.83. The molecule has 4 heteroatoms. The average Bonchev–Trinajstić information content (AvgIpc) is 2.35. The number of carbonyl (C=O) groups excluding carboxylic acids is 2. The molecule has 0 aromatic heterocycles. The van der Waals surface area contributed by atoms with Gasteiger partial charge in [-0.3, -0.25) is 9.59 Å². The number of rotatable bonds is 2. The van der Waals surface area contributed by atoms with E-state index in [1.54, 1.807) is 25.7 Å². The van der Waals surface area contributed by atoms with Gasteiger partial charge in [0.25, 0.3) is 0 Å². The van der Waals surface area contributed by atoms with E-state index in [-0.39, 0.29) is 11.8 Å². The van der Waals surface area contributed by atoms with Crippen molar-refractivity contribution in [1.82, 2.24) is 10.2 Å². The van der Waals surface area contributed by atoms with Crippen molar-refractivity contribution >= 4 is 11.8 Å². The fraction of sp³-hybridized carbons (Fsp3) is 0.529. The van der Waals surface area contributed by atoms with Crippen molar-refractivity contribution < 1.29 is 9.59 Å². The lowest BCUT2D eigenvalue weighted by molar-refractivity contribution is -0.155. The molecule has 1 aliphatic rings. The lowest BCUT2D eigenvalue weighted by atomic mass is 9.93. The first kappa shape index (κ1) is 15.5. The minimum Gasteiger partial charge on any atom is -0.343 e. The fourth-order valence-electron chi connectivity index (χ4n) is 2.96. The summed E-state index contributed by atoms with van der Waals surface area (Å²) in [6.07, 6.45) is 0. The summed E-state index contributed by atoms with van der Waals surface area (Å²) < 4.78 is 0. The van der Waals surface area contributed by atoms with E-state index >= 15 is 0 Å². The van der Waals surface area contributed by atoms with Gasteiger partial charge in [-0.15, -0.1) is 0 Å². The van der Waals surface area contributed by atoms with Crippen LogP contribution in [-0.4, -0.2) is 28.3 Å². The minimum absolute atomic E-state index is 0.0287. The van der Waals surface area contributed by atoms with Crippen molar-refractivity contribution in [2.24, 2.45) is 0 Å². The van der Waals surface area contributed by atoms with Crippen LogP contribution in [0.5, 0.6) is 0 Å². The van der Waals surface area contributed by atoms with Gasteiger partial charge in [-0.2, -0.15) is 0 Å². The Morgan fingerprint density at radius 3 is 2.19 bits per heavy atom. The predicted octanol–water partition coefficient (Wildman–Crippen LogP) is 2.24. The third-order valence-electron chi connectivity index (χ3n) is 4.37. The molecular formula is C17H24N2O2. The molecule has 0 aliphatic carbocycles. The van der Waals surface area contributed by atoms with E-state index in [2.05, 4.69) is 38.2 Å². The maximum absolute atomic E-state index is 12.5. The number of carbonyl (C=O) groups is 2. The molecule has 1 saturated heterocycles. The number of piperazine rings is 1. The van der Waals surface area contributed by atoms with Crippen molar-refractivity contribution in [3.05, 3.63) is 34.4 Å². The molecule has 1 unspecified atom stereocenters. The molecule has 1 heterocycles. The molecule has 1 aromatic carbocycles. The van der Waals surface area contributed by atoms with E-state index < -0.39 is 11.6 Å². The highest BCUT2D eigenvalue weighted by molar-refractivity contribution is 5.99. The molecule has 2 rings (SSSR count). The van der Waals surface area contributed by atoms with Gasteiger partial charge in [-0.1, -0.05) is 17.7 Å². The van der Waals surface area contributed by atoms with Gasteiger partial charge in [0, 0.05) is 6.54 Å². The molecular weight excluding hydrogens is 264 g/mol. The first-order chi connectivity index (χ1) is 9.64. The van der Waals surface area contributed by atoms with Crippen LogP contribution in [0.15, 0.2) is 12.1 Å². The molecule has 1 fully saturated rings. The summed E-state index contributed by atoms with van der Waals surface area (Å²) in [6.45, 7) is 12.0. The smallest absolute Gasteiger partial charge is 0.246 e. The highest BCUT2D eigenvalue weighted by Gasteiger charge is 2.44. The average molecular weight is 288 g/mol. The van der Waals surface area contributed by atoms with Gasteiger partial charge in [0.15, 0.2) is 0 Å². The van der Waals surface area contributed by atoms with Crippen molar-refractivity contribution in [3.8, 4) is 0 Å². The van der Waals surface area contributed by atoms with E-state index in [1.807, 2.05) is 0 Å². The Morgan fingerprint density at radius 2 is 1.67 bits per heavy atom. The molecule has 114 valence electrons. The van der Waals surface area contributed by atoms with Gasteiger partial charge in [0.05, 0.1) is 0 Å². The van der Waals surface area contributed by atoms with E-state index in [9.17, 15) is 9.59 Å². The molecule has 0 spiro atoms. The molecule has 1 aliphatic heterocycles. The number of amides is 2. The van der Waals surface area contributed by atoms with Crippen molar-refractivity contribution in [1.29, 1.82) is 0 Å². The lowest BCUT2D eigenvalue weighted by Gasteiger charge is -2.44. The first-order valence-electron chi connectivity index (χ1n) is 7.33. The highest BCUT2D eigenvalue weighted by Crippen LogP contribution is 2.26. The zero-order valence-corrected chi connectivity index (χ0v) is 13.7. The Labute approximate surface area is 126 Å². The van der Waals surface area contributed by atoms with Crippen LogP contribution in [0.4, 0.5) is 0 Å². The Hall–Kier alpha value is -1.84. The Balaban J connectivity index is 2.41. The predicted molar refractivity (Wildman–Crippen MR) is 82.9 cm³/mol. The summed E-state index contributed by atoms with van der Waals surface area (Å²) in [5.74, 6) is -0.129. The third-order valence-corrected chi connectivity index (χ3v) is 4.37. The summed E-state index contributed by atoms with van der Waals surface area (Å²) in [5, 5.41) is 2.74. The van der Waals surface area contributed by atoms with Gasteiger partial charge in [-0.25, -0.2) is 0 Å². The standard InChI is InChI=1S/C17H24N2O2/c1-10-7-11(2)14(12(3)8-10)9-19-15(20)13(4)18-16(21)17(19,5)6/h7-8,13H,9H2,1-6H3,(H,18,21). The topological polar surface area (TPSA) is 49.4 Å². The van der Waals surface area contributed by atoms with Crippen molar-refractivity contribution in [3.63, 3.8) is 0 Å². The van der Waals surface area contributed by atoms with E-state index in [0.29, 0.717) is 6.54 Å². The third kappa shape index (κ3) is 2.67. The molecule has 0 radical (unpaired) electrons. The number of benzene rings is 1. The largest absolute Gasteiger partial charge is 0.343 e. The molecule has 2 amide bonds. The van der Waals surface area contributed by atoms with Crippen LogP contribution in [0.25, 0.3) is 0 Å². The quantitative estimate of drug-likeness (QED) is 0.907. The lowest BCUT2D eigenvalue weighted by Crippen LogP contribution is -2.67. The van der Waals surface area contributed by atoms with Crippen LogP contribution in [0.1, 0.15) is 43.0 Å². The van der Waals surface area contributed by atoms with E-state index in [1.165, 1.54) is 5.56 Å². The minimum atomic E-state index is -0.826. The van der Waals surface area contributed by atoms with Crippen molar-refractivity contribution in [2.45, 2.75) is 59.7 Å². The summed E-state index contributed by atoms with van der Waals surface area (Å²) in [4.78, 5) is 26.4. The van der Waals surface area contributed by atoms with Gasteiger partial charge in [-0.05, 0) is 58.2 Å². The van der Waals surface area contributed by atoms with Crippen LogP contribution in [0, 0.1) is 20.8 Å². The summed E-state index contributed by atoms with van der Waals surface area (Å²) >= 11 is 0. The van der Waals surface area contributed by atoms with Crippen LogP contribution in [-0.2, 0) is 16.1 Å². The van der Waals surface area contributed by atoms with Crippen LogP contribution >= 0.6 is 0 Å². The van der Waals surface area contributed by atoms with E-state index in [0.717, 1.165) is 16.7 Å². The maximum Gasteiger partial charge on any atom is 0.246 e. The number of aryl methyl sites for hydroxylation is 3. The first-order valence-corrected chi connectivity index (χ1v) is 7.33. The Morgan fingerprint density at radius 1 is 1.14 bits per heavy atom. The second-order valence-corrected chi connectivity index (χ2v) is 6.56. The molecule has 1 N–H and O–H groups in total. The molecule has 1 aromatic rings. The van der Waals surface area contributed by atoms with Gasteiger partial charge in [0.2, 0.25) is 11.8 Å². The summed E-state index contributed by atoms with van der Waals surface area (Å²) in [6, 6.07) is 3.78. The number of hydrogen-bond donors (Lipinski definition) is 1. The molecule has 4 nitrogen and oxygen atoms in total. The van der Waals surface area contributed by atoms with Gasteiger partial charge < -0.3 is 10.2 Å². The molecule has 21 heavy (non-hydrogen) atoms. The zero-order valence-electron chi connectivity index (χ0n) is 13.7. The normalized spacial score (nSPS) is 21.4. The molecule has 0 bridgehead atoms. The SMILES string of the molecule is Cc1cc(C)c(CN2C(=O)C(C)NC(=O)C2(C)C)c(C)c1. The second-order valence-electron chi connectivity index (χ2n) is 6.56. The highest BCUT2D eigenvalue weighted by atomic mass is 16.2. The molecule has 0 saturated carbocycles. The number of hydrogen-bond acceptors (Lipinski definition) is 2.